The van der Waals surface area contributed by atoms with E-state index in [1.165, 1.54) is 5.56 Å². The maximum atomic E-state index is 10.7. The summed E-state index contributed by atoms with van der Waals surface area (Å²) in [7, 11) is 0. The van der Waals surface area contributed by atoms with Gasteiger partial charge in [-0.15, -0.1) is 0 Å². The molecule has 0 radical (unpaired) electrons. The lowest BCUT2D eigenvalue weighted by atomic mass is 9.86. The van der Waals surface area contributed by atoms with Gasteiger partial charge in [-0.3, -0.25) is 0 Å². The van der Waals surface area contributed by atoms with Crippen molar-refractivity contribution < 1.29 is 5.11 Å². The molecule has 0 aliphatic carbocycles. The van der Waals surface area contributed by atoms with Crippen molar-refractivity contribution in [1.82, 2.24) is 5.32 Å². The largest absolute Gasteiger partial charge is 0.385 e. The molecule has 2 N–H and O–H groups in total. The summed E-state index contributed by atoms with van der Waals surface area (Å²) in [5.41, 5.74) is 1.79. The fourth-order valence-electron chi connectivity index (χ4n) is 2.52. The van der Waals surface area contributed by atoms with Crippen LogP contribution in [0.1, 0.15) is 50.2 Å². The molecule has 1 aliphatic rings. The van der Waals surface area contributed by atoms with E-state index in [0.29, 0.717) is 5.92 Å². The van der Waals surface area contributed by atoms with Gasteiger partial charge in [-0.1, -0.05) is 38.1 Å². The van der Waals surface area contributed by atoms with Crippen molar-refractivity contribution >= 4 is 0 Å². The third-order valence-electron chi connectivity index (χ3n) is 3.77. The molecule has 0 bridgehead atoms. The van der Waals surface area contributed by atoms with Crippen LogP contribution in [0.5, 0.6) is 0 Å². The Morgan fingerprint density at radius 2 is 1.82 bits per heavy atom. The Bertz CT molecular complexity index is 348. The fourth-order valence-corrected chi connectivity index (χ4v) is 2.52. The van der Waals surface area contributed by atoms with E-state index in [4.69, 9.17) is 0 Å². The van der Waals surface area contributed by atoms with Gasteiger partial charge in [0.25, 0.3) is 0 Å². The molecular weight excluding hydrogens is 210 g/mol. The van der Waals surface area contributed by atoms with E-state index in [9.17, 15) is 5.11 Å². The van der Waals surface area contributed by atoms with Crippen LogP contribution in [-0.4, -0.2) is 18.2 Å². The van der Waals surface area contributed by atoms with Crippen molar-refractivity contribution in [3.8, 4) is 0 Å². The van der Waals surface area contributed by atoms with E-state index in [0.717, 1.165) is 37.9 Å². The Labute approximate surface area is 104 Å². The normalized spacial score (nSPS) is 25.9. The molecule has 17 heavy (non-hydrogen) atoms. The van der Waals surface area contributed by atoms with Crippen LogP contribution in [0.25, 0.3) is 0 Å². The quantitative estimate of drug-likeness (QED) is 0.823. The van der Waals surface area contributed by atoms with Gasteiger partial charge in [-0.2, -0.15) is 0 Å². The fraction of sp³-hybridized carbons (Fsp3) is 0.600. The zero-order valence-corrected chi connectivity index (χ0v) is 10.9. The number of hydrogen-bond donors (Lipinski definition) is 2. The van der Waals surface area contributed by atoms with Gasteiger partial charge >= 0.3 is 0 Å². The molecule has 1 aliphatic heterocycles. The van der Waals surface area contributed by atoms with Crippen molar-refractivity contribution in [2.75, 3.05) is 13.1 Å². The summed E-state index contributed by atoms with van der Waals surface area (Å²) in [5, 5.41) is 14.1. The second kappa shape index (κ2) is 5.19. The van der Waals surface area contributed by atoms with Gasteiger partial charge in [-0.05, 0) is 49.4 Å². The van der Waals surface area contributed by atoms with E-state index < -0.39 is 5.60 Å². The Hall–Kier alpha value is -0.860. The lowest BCUT2D eigenvalue weighted by Crippen LogP contribution is -2.27. The Morgan fingerprint density at radius 1 is 1.12 bits per heavy atom. The molecule has 2 heteroatoms. The van der Waals surface area contributed by atoms with Crippen LogP contribution in [-0.2, 0) is 5.60 Å². The van der Waals surface area contributed by atoms with Crippen molar-refractivity contribution in [2.45, 2.75) is 44.6 Å². The maximum Gasteiger partial charge on any atom is 0.0909 e. The second-order valence-corrected chi connectivity index (χ2v) is 5.41. The second-order valence-electron chi connectivity index (χ2n) is 5.41. The minimum absolute atomic E-state index is 0.550. The number of benzene rings is 1. The first kappa shape index (κ1) is 12.6. The summed E-state index contributed by atoms with van der Waals surface area (Å²) in [6, 6.07) is 8.49. The van der Waals surface area contributed by atoms with Gasteiger partial charge in [0.15, 0.2) is 0 Å². The zero-order valence-electron chi connectivity index (χ0n) is 10.9. The standard InChI is InChI=1S/C15H23NO/c1-12(2)13-4-6-14(7-5-13)15(17)8-3-10-16-11-9-15/h4-7,12,16-17H,3,8-11H2,1-2H3. The molecule has 0 saturated carbocycles. The first-order valence-electron chi connectivity index (χ1n) is 6.65. The highest BCUT2D eigenvalue weighted by atomic mass is 16.3. The topological polar surface area (TPSA) is 32.3 Å². The van der Waals surface area contributed by atoms with Crippen LogP contribution in [0.15, 0.2) is 24.3 Å². The lowest BCUT2D eigenvalue weighted by Gasteiger charge is -2.27. The molecule has 2 rings (SSSR count). The van der Waals surface area contributed by atoms with Crippen molar-refractivity contribution in [3.05, 3.63) is 35.4 Å². The summed E-state index contributed by atoms with van der Waals surface area (Å²) < 4.78 is 0. The lowest BCUT2D eigenvalue weighted by molar-refractivity contribution is 0.0240. The molecule has 1 fully saturated rings. The van der Waals surface area contributed by atoms with Crippen molar-refractivity contribution in [2.24, 2.45) is 0 Å². The molecule has 1 heterocycles. The first-order valence-corrected chi connectivity index (χ1v) is 6.65. The molecule has 0 spiro atoms. The molecule has 1 aromatic carbocycles. The number of hydrogen-bond acceptors (Lipinski definition) is 2. The smallest absolute Gasteiger partial charge is 0.0909 e. The Morgan fingerprint density at radius 3 is 2.47 bits per heavy atom. The molecular formula is C15H23NO. The number of nitrogens with one attached hydrogen (secondary N) is 1. The molecule has 1 saturated heterocycles. The van der Waals surface area contributed by atoms with Gasteiger partial charge < -0.3 is 10.4 Å². The highest BCUT2D eigenvalue weighted by Gasteiger charge is 2.29. The van der Waals surface area contributed by atoms with Crippen LogP contribution in [0.2, 0.25) is 0 Å². The van der Waals surface area contributed by atoms with Crippen LogP contribution >= 0.6 is 0 Å². The number of aliphatic hydroxyl groups is 1. The predicted molar refractivity (Wildman–Crippen MR) is 71.1 cm³/mol. The summed E-state index contributed by atoms with van der Waals surface area (Å²) >= 11 is 0. The Balaban J connectivity index is 2.19. The third kappa shape index (κ3) is 2.88. The highest BCUT2D eigenvalue weighted by molar-refractivity contribution is 5.29. The summed E-state index contributed by atoms with van der Waals surface area (Å²) in [6.07, 6.45) is 2.72. The molecule has 0 aromatic heterocycles. The minimum atomic E-state index is -0.626. The average molecular weight is 233 g/mol. The highest BCUT2D eigenvalue weighted by Crippen LogP contribution is 2.31. The van der Waals surface area contributed by atoms with E-state index in [1.54, 1.807) is 0 Å². The van der Waals surface area contributed by atoms with Gasteiger partial charge in [0.2, 0.25) is 0 Å². The Kier molecular flexibility index (Phi) is 3.85. The van der Waals surface area contributed by atoms with E-state index in [-0.39, 0.29) is 0 Å². The van der Waals surface area contributed by atoms with Gasteiger partial charge in [0.05, 0.1) is 5.60 Å². The van der Waals surface area contributed by atoms with Crippen LogP contribution in [0.3, 0.4) is 0 Å². The van der Waals surface area contributed by atoms with Gasteiger partial charge in [0, 0.05) is 0 Å². The molecule has 0 amide bonds. The van der Waals surface area contributed by atoms with Crippen LogP contribution < -0.4 is 5.32 Å². The van der Waals surface area contributed by atoms with Gasteiger partial charge in [0.1, 0.15) is 0 Å². The monoisotopic (exact) mass is 233 g/mol. The zero-order chi connectivity index (χ0) is 12.3. The molecule has 1 atom stereocenters. The average Bonchev–Trinajstić information content (AvgIpc) is 2.55. The predicted octanol–water partition coefficient (Wildman–Crippen LogP) is 2.77. The van der Waals surface area contributed by atoms with E-state index in [1.807, 2.05) is 0 Å². The van der Waals surface area contributed by atoms with Crippen LogP contribution in [0, 0.1) is 0 Å². The summed E-state index contributed by atoms with van der Waals surface area (Å²) in [4.78, 5) is 0. The third-order valence-corrected chi connectivity index (χ3v) is 3.77. The van der Waals surface area contributed by atoms with Crippen molar-refractivity contribution in [3.63, 3.8) is 0 Å². The first-order chi connectivity index (χ1) is 8.12. The molecule has 94 valence electrons. The summed E-state index contributed by atoms with van der Waals surface area (Å²) in [5.74, 6) is 0.550. The minimum Gasteiger partial charge on any atom is -0.385 e. The maximum absolute atomic E-state index is 10.7. The van der Waals surface area contributed by atoms with Crippen LogP contribution in [0.4, 0.5) is 0 Å². The molecule has 1 unspecified atom stereocenters. The van der Waals surface area contributed by atoms with Gasteiger partial charge in [-0.25, -0.2) is 0 Å². The molecule has 2 nitrogen and oxygen atoms in total. The molecule has 1 aromatic rings. The van der Waals surface area contributed by atoms with E-state index in [2.05, 4.69) is 43.4 Å². The number of rotatable bonds is 2. The summed E-state index contributed by atoms with van der Waals surface area (Å²) in [6.45, 7) is 6.31. The van der Waals surface area contributed by atoms with Crippen molar-refractivity contribution in [1.29, 1.82) is 0 Å². The van der Waals surface area contributed by atoms with E-state index >= 15 is 0 Å². The SMILES string of the molecule is CC(C)c1ccc(C2(O)CCCNCC2)cc1.